The number of rotatable bonds is 9. The number of likely N-dealkylation sites (N-methyl/N-ethyl adjacent to an activating group) is 1. The molecule has 3 aromatic carbocycles. The van der Waals surface area contributed by atoms with Crippen LogP contribution in [0.4, 0.5) is 5.69 Å². The fraction of sp³-hybridized carbons (Fsp3) is 0.194. The second kappa shape index (κ2) is 14.4. The molecule has 2 amide bonds. The van der Waals surface area contributed by atoms with Crippen LogP contribution in [0.3, 0.4) is 0 Å². The summed E-state index contributed by atoms with van der Waals surface area (Å²) in [4.78, 5) is 31.6. The van der Waals surface area contributed by atoms with Gasteiger partial charge in [-0.1, -0.05) is 36.4 Å². The summed E-state index contributed by atoms with van der Waals surface area (Å²) in [6.45, 7) is 1.30. The predicted octanol–water partition coefficient (Wildman–Crippen LogP) is 4.64. The molecule has 4 rings (SSSR count). The molecule has 0 bridgehead atoms. The van der Waals surface area contributed by atoms with Crippen molar-refractivity contribution in [1.82, 2.24) is 15.2 Å². The van der Waals surface area contributed by atoms with Crippen molar-refractivity contribution < 1.29 is 14.7 Å². The van der Waals surface area contributed by atoms with Gasteiger partial charge in [0, 0.05) is 49.4 Å². The minimum absolute atomic E-state index is 0.166. The van der Waals surface area contributed by atoms with E-state index in [9.17, 15) is 9.59 Å². The average molecular weight is 511 g/mol. The number of amides is 2. The quantitative estimate of drug-likeness (QED) is 0.305. The van der Waals surface area contributed by atoms with Gasteiger partial charge < -0.3 is 20.6 Å². The number of nitrogens with one attached hydrogen (secondary N) is 2. The third-order valence-electron chi connectivity index (χ3n) is 5.86. The molecule has 0 saturated carbocycles. The van der Waals surface area contributed by atoms with Crippen LogP contribution in [0.15, 0.2) is 97.3 Å². The minimum atomic E-state index is -0.184. The standard InChI is InChI=1S/C30H30N4O2.CH4O/c1-34(2)19-16-22-6-12-28(13-7-22)33-30(36)27-5-3-4-23(20-27)21-32-29(35)26-10-8-24(9-11-26)25-14-17-31-18-15-25;1-2/h3-15,17-18,20H,16,19,21H2,1-2H3,(H,32,35)(H,33,36);2H,1H3. The molecular weight excluding hydrogens is 476 g/mol. The lowest BCUT2D eigenvalue weighted by atomic mass is 10.0. The van der Waals surface area contributed by atoms with E-state index in [4.69, 9.17) is 5.11 Å². The van der Waals surface area contributed by atoms with Crippen molar-refractivity contribution >= 4 is 17.5 Å². The Balaban J connectivity index is 0.00000195. The van der Waals surface area contributed by atoms with Gasteiger partial charge in [0.2, 0.25) is 0 Å². The van der Waals surface area contributed by atoms with Crippen LogP contribution in [-0.4, -0.2) is 54.6 Å². The number of hydrogen-bond donors (Lipinski definition) is 3. The Bertz CT molecular complexity index is 1310. The maximum atomic E-state index is 12.8. The van der Waals surface area contributed by atoms with Crippen LogP contribution in [0.1, 0.15) is 31.8 Å². The molecule has 0 fully saturated rings. The molecular formula is C31H34N4O3. The lowest BCUT2D eigenvalue weighted by molar-refractivity contribution is 0.0950. The predicted molar refractivity (Wildman–Crippen MR) is 152 cm³/mol. The molecule has 0 saturated heterocycles. The fourth-order valence-electron chi connectivity index (χ4n) is 3.78. The van der Waals surface area contributed by atoms with Crippen molar-refractivity contribution in [2.45, 2.75) is 13.0 Å². The molecule has 0 unspecified atom stereocenters. The number of benzene rings is 3. The Morgan fingerprint density at radius 3 is 2.08 bits per heavy atom. The number of carbonyl (C=O) groups is 2. The van der Waals surface area contributed by atoms with Crippen molar-refractivity contribution in [1.29, 1.82) is 0 Å². The summed E-state index contributed by atoms with van der Waals surface area (Å²) >= 11 is 0. The minimum Gasteiger partial charge on any atom is -0.400 e. The van der Waals surface area contributed by atoms with Crippen LogP contribution in [-0.2, 0) is 13.0 Å². The largest absolute Gasteiger partial charge is 0.400 e. The van der Waals surface area contributed by atoms with Gasteiger partial charge in [-0.2, -0.15) is 0 Å². The normalized spacial score (nSPS) is 10.3. The molecule has 1 heterocycles. The van der Waals surface area contributed by atoms with E-state index in [0.717, 1.165) is 42.5 Å². The van der Waals surface area contributed by atoms with E-state index in [1.807, 2.05) is 60.7 Å². The van der Waals surface area contributed by atoms with Gasteiger partial charge in [-0.05, 0) is 91.3 Å². The van der Waals surface area contributed by atoms with Crippen LogP contribution < -0.4 is 10.6 Å². The number of anilines is 1. The fourth-order valence-corrected chi connectivity index (χ4v) is 3.78. The van der Waals surface area contributed by atoms with Crippen LogP contribution >= 0.6 is 0 Å². The summed E-state index contributed by atoms with van der Waals surface area (Å²) in [6, 6.07) is 26.5. The first kappa shape index (κ1) is 28.2. The van der Waals surface area contributed by atoms with Gasteiger partial charge in [0.1, 0.15) is 0 Å². The molecule has 0 aliphatic rings. The Morgan fingerprint density at radius 1 is 0.763 bits per heavy atom. The second-order valence-corrected chi connectivity index (χ2v) is 8.90. The third kappa shape index (κ3) is 8.37. The van der Waals surface area contributed by atoms with E-state index < -0.39 is 0 Å². The number of carbonyl (C=O) groups excluding carboxylic acids is 2. The summed E-state index contributed by atoms with van der Waals surface area (Å²) in [6.07, 6.45) is 4.45. The maximum Gasteiger partial charge on any atom is 0.255 e. The van der Waals surface area contributed by atoms with Crippen LogP contribution in [0.2, 0.25) is 0 Å². The lowest BCUT2D eigenvalue weighted by Gasteiger charge is -2.11. The topological polar surface area (TPSA) is 94.6 Å². The van der Waals surface area contributed by atoms with Crippen molar-refractivity contribution in [2.24, 2.45) is 0 Å². The molecule has 38 heavy (non-hydrogen) atoms. The first-order valence-corrected chi connectivity index (χ1v) is 12.4. The highest BCUT2D eigenvalue weighted by Crippen LogP contribution is 2.19. The Labute approximate surface area is 224 Å². The number of aliphatic hydroxyl groups is 1. The first-order valence-electron chi connectivity index (χ1n) is 12.4. The highest BCUT2D eigenvalue weighted by molar-refractivity contribution is 6.04. The molecule has 0 aliphatic carbocycles. The molecule has 196 valence electrons. The second-order valence-electron chi connectivity index (χ2n) is 8.90. The van der Waals surface area contributed by atoms with Crippen LogP contribution in [0, 0.1) is 0 Å². The molecule has 7 nitrogen and oxygen atoms in total. The molecule has 0 radical (unpaired) electrons. The summed E-state index contributed by atoms with van der Waals surface area (Å²) < 4.78 is 0. The zero-order chi connectivity index (χ0) is 27.3. The van der Waals surface area contributed by atoms with E-state index in [0.29, 0.717) is 17.7 Å². The average Bonchev–Trinajstić information content (AvgIpc) is 2.97. The highest BCUT2D eigenvalue weighted by Gasteiger charge is 2.09. The summed E-state index contributed by atoms with van der Waals surface area (Å²) in [5.41, 5.74) is 6.02. The molecule has 0 atom stereocenters. The van der Waals surface area contributed by atoms with E-state index in [2.05, 4.69) is 34.6 Å². The van der Waals surface area contributed by atoms with Gasteiger partial charge in [0.15, 0.2) is 0 Å². The SMILES string of the molecule is CN(C)CCc1ccc(NC(=O)c2cccc(CNC(=O)c3ccc(-c4ccncc4)cc3)c2)cc1.CO. The first-order chi connectivity index (χ1) is 18.5. The van der Waals surface area contributed by atoms with E-state index in [-0.39, 0.29) is 11.8 Å². The summed E-state index contributed by atoms with van der Waals surface area (Å²) in [5, 5.41) is 12.9. The summed E-state index contributed by atoms with van der Waals surface area (Å²) in [7, 11) is 5.10. The number of nitrogens with zero attached hydrogens (tertiary/aromatic N) is 2. The Hall–Kier alpha value is -4.33. The van der Waals surface area contributed by atoms with Crippen LogP contribution in [0.5, 0.6) is 0 Å². The van der Waals surface area contributed by atoms with E-state index >= 15 is 0 Å². The molecule has 7 heteroatoms. The lowest BCUT2D eigenvalue weighted by Crippen LogP contribution is -2.23. The zero-order valence-corrected chi connectivity index (χ0v) is 22.0. The number of aliphatic hydroxyl groups excluding tert-OH is 1. The maximum absolute atomic E-state index is 12.8. The van der Waals surface area contributed by atoms with Gasteiger partial charge >= 0.3 is 0 Å². The number of pyridine rings is 1. The van der Waals surface area contributed by atoms with Gasteiger partial charge in [0.05, 0.1) is 0 Å². The molecule has 0 aliphatic heterocycles. The molecule has 4 aromatic rings. The van der Waals surface area contributed by atoms with Gasteiger partial charge in [-0.25, -0.2) is 0 Å². The molecule has 0 spiro atoms. The van der Waals surface area contributed by atoms with Gasteiger partial charge in [-0.15, -0.1) is 0 Å². The van der Waals surface area contributed by atoms with Crippen molar-refractivity contribution in [2.75, 3.05) is 33.1 Å². The zero-order valence-electron chi connectivity index (χ0n) is 22.0. The summed E-state index contributed by atoms with van der Waals surface area (Å²) in [5.74, 6) is -0.351. The van der Waals surface area contributed by atoms with Crippen molar-refractivity contribution in [3.8, 4) is 11.1 Å². The van der Waals surface area contributed by atoms with Gasteiger partial charge in [0.25, 0.3) is 11.8 Å². The van der Waals surface area contributed by atoms with E-state index in [1.165, 1.54) is 5.56 Å². The highest BCUT2D eigenvalue weighted by atomic mass is 16.2. The number of hydrogen-bond acceptors (Lipinski definition) is 5. The Morgan fingerprint density at radius 2 is 1.42 bits per heavy atom. The third-order valence-corrected chi connectivity index (χ3v) is 5.86. The van der Waals surface area contributed by atoms with E-state index in [1.54, 1.807) is 36.7 Å². The van der Waals surface area contributed by atoms with Crippen molar-refractivity contribution in [3.63, 3.8) is 0 Å². The smallest absolute Gasteiger partial charge is 0.255 e. The Kier molecular flexibility index (Phi) is 10.7. The van der Waals surface area contributed by atoms with Gasteiger partial charge in [-0.3, -0.25) is 14.6 Å². The number of aromatic nitrogens is 1. The van der Waals surface area contributed by atoms with Crippen molar-refractivity contribution in [3.05, 3.63) is 120 Å². The molecule has 1 aromatic heterocycles. The van der Waals surface area contributed by atoms with Crippen LogP contribution in [0.25, 0.3) is 11.1 Å². The monoisotopic (exact) mass is 510 g/mol. The molecule has 3 N–H and O–H groups in total.